The van der Waals surface area contributed by atoms with Crippen LogP contribution in [0, 0.1) is 27.4 Å². The van der Waals surface area contributed by atoms with E-state index in [9.17, 15) is 10.1 Å². The number of hydrogen-bond acceptors (Lipinski definition) is 5. The molecule has 0 bridgehead atoms. The molecule has 0 aromatic heterocycles. The molecule has 1 aliphatic rings. The zero-order valence-electron chi connectivity index (χ0n) is 10.0. The fourth-order valence-corrected chi connectivity index (χ4v) is 2.17. The highest BCUT2D eigenvalue weighted by Crippen LogP contribution is 2.27. The van der Waals surface area contributed by atoms with Crippen molar-refractivity contribution in [3.05, 3.63) is 33.9 Å². The number of anilines is 1. The van der Waals surface area contributed by atoms with Crippen LogP contribution in [-0.2, 0) is 0 Å². The maximum atomic E-state index is 10.7. The Labute approximate surface area is 105 Å². The zero-order valence-corrected chi connectivity index (χ0v) is 10.0. The van der Waals surface area contributed by atoms with Crippen LogP contribution in [0.2, 0.25) is 0 Å². The highest BCUT2D eigenvalue weighted by Gasteiger charge is 2.27. The van der Waals surface area contributed by atoms with Gasteiger partial charge in [-0.25, -0.2) is 0 Å². The molecule has 2 N–H and O–H groups in total. The van der Waals surface area contributed by atoms with Gasteiger partial charge >= 0.3 is 0 Å². The number of nitriles is 1. The third-order valence-electron chi connectivity index (χ3n) is 3.33. The molecule has 1 saturated heterocycles. The molecule has 2 atom stereocenters. The lowest BCUT2D eigenvalue weighted by molar-refractivity contribution is -0.385. The summed E-state index contributed by atoms with van der Waals surface area (Å²) in [7, 11) is 0. The van der Waals surface area contributed by atoms with Gasteiger partial charge in [0.2, 0.25) is 0 Å². The Kier molecular flexibility index (Phi) is 3.17. The molecule has 0 spiro atoms. The van der Waals surface area contributed by atoms with E-state index in [4.69, 9.17) is 11.0 Å². The van der Waals surface area contributed by atoms with Crippen LogP contribution in [0.25, 0.3) is 0 Å². The predicted octanol–water partition coefficient (Wildman–Crippen LogP) is 1.25. The van der Waals surface area contributed by atoms with Crippen molar-refractivity contribution in [2.24, 2.45) is 11.7 Å². The normalized spacial score (nSPS) is 22.8. The van der Waals surface area contributed by atoms with Crippen LogP contribution >= 0.6 is 0 Å². The lowest BCUT2D eigenvalue weighted by Gasteiger charge is -2.18. The molecule has 1 aromatic rings. The fraction of sp³-hybridized carbons (Fsp3) is 0.417. The van der Waals surface area contributed by atoms with E-state index in [1.54, 1.807) is 12.1 Å². The largest absolute Gasteiger partial charge is 0.370 e. The SMILES string of the molecule is CC1CN(c2ccc([N+](=O)[O-])c(C#N)c2)CC1N. The molecule has 6 heteroatoms. The second-order valence-corrected chi connectivity index (χ2v) is 4.62. The van der Waals surface area contributed by atoms with E-state index in [0.717, 1.165) is 12.2 Å². The number of nitro benzene ring substituents is 1. The van der Waals surface area contributed by atoms with Crippen molar-refractivity contribution in [3.63, 3.8) is 0 Å². The summed E-state index contributed by atoms with van der Waals surface area (Å²) in [5.74, 6) is 0.380. The van der Waals surface area contributed by atoms with E-state index in [1.807, 2.05) is 6.07 Å². The highest BCUT2D eigenvalue weighted by atomic mass is 16.6. The molecule has 94 valence electrons. The summed E-state index contributed by atoms with van der Waals surface area (Å²) in [6, 6.07) is 6.57. The minimum atomic E-state index is -0.541. The number of nitrogens with zero attached hydrogens (tertiary/aromatic N) is 3. The van der Waals surface area contributed by atoms with Crippen LogP contribution in [0.5, 0.6) is 0 Å². The summed E-state index contributed by atoms with van der Waals surface area (Å²) in [6.07, 6.45) is 0. The lowest BCUT2D eigenvalue weighted by atomic mass is 10.1. The minimum Gasteiger partial charge on any atom is -0.370 e. The smallest absolute Gasteiger partial charge is 0.287 e. The van der Waals surface area contributed by atoms with Crippen LogP contribution in [0.4, 0.5) is 11.4 Å². The van der Waals surface area contributed by atoms with E-state index < -0.39 is 4.92 Å². The molecule has 0 saturated carbocycles. The van der Waals surface area contributed by atoms with Gasteiger partial charge in [0.1, 0.15) is 11.6 Å². The second-order valence-electron chi connectivity index (χ2n) is 4.62. The van der Waals surface area contributed by atoms with Crippen molar-refractivity contribution in [2.75, 3.05) is 18.0 Å². The van der Waals surface area contributed by atoms with Gasteiger partial charge in [0.05, 0.1) is 4.92 Å². The summed E-state index contributed by atoms with van der Waals surface area (Å²) in [6.45, 7) is 3.59. The molecule has 1 fully saturated rings. The molecule has 0 radical (unpaired) electrons. The molecule has 18 heavy (non-hydrogen) atoms. The molecule has 1 heterocycles. The fourth-order valence-electron chi connectivity index (χ4n) is 2.17. The molecule has 1 aromatic carbocycles. The van der Waals surface area contributed by atoms with Gasteiger partial charge in [-0.3, -0.25) is 10.1 Å². The summed E-state index contributed by atoms with van der Waals surface area (Å²) < 4.78 is 0. The zero-order chi connectivity index (χ0) is 13.3. The molecule has 2 unspecified atom stereocenters. The number of rotatable bonds is 2. The van der Waals surface area contributed by atoms with Crippen molar-refractivity contribution in [3.8, 4) is 6.07 Å². The highest BCUT2D eigenvalue weighted by molar-refractivity contribution is 5.60. The minimum absolute atomic E-state index is 0.0885. The first-order valence-corrected chi connectivity index (χ1v) is 5.72. The Morgan fingerprint density at radius 2 is 2.28 bits per heavy atom. The average molecular weight is 246 g/mol. The van der Waals surface area contributed by atoms with Crippen LogP contribution in [0.3, 0.4) is 0 Å². The van der Waals surface area contributed by atoms with Crippen molar-refractivity contribution < 1.29 is 4.92 Å². The topological polar surface area (TPSA) is 96.2 Å². The number of hydrogen-bond donors (Lipinski definition) is 1. The monoisotopic (exact) mass is 246 g/mol. The Balaban J connectivity index is 2.32. The van der Waals surface area contributed by atoms with Gasteiger partial charge in [0.25, 0.3) is 5.69 Å². The molecular formula is C12H14N4O2. The third kappa shape index (κ3) is 2.13. The van der Waals surface area contributed by atoms with Crippen molar-refractivity contribution >= 4 is 11.4 Å². The molecule has 0 aliphatic carbocycles. The first kappa shape index (κ1) is 12.3. The van der Waals surface area contributed by atoms with Crippen molar-refractivity contribution in [2.45, 2.75) is 13.0 Å². The number of nitro groups is 1. The van der Waals surface area contributed by atoms with E-state index in [-0.39, 0.29) is 17.3 Å². The van der Waals surface area contributed by atoms with Crippen LogP contribution < -0.4 is 10.6 Å². The van der Waals surface area contributed by atoms with Gasteiger partial charge in [-0.15, -0.1) is 0 Å². The van der Waals surface area contributed by atoms with E-state index >= 15 is 0 Å². The lowest BCUT2D eigenvalue weighted by Crippen LogP contribution is -2.28. The standard InChI is InChI=1S/C12H14N4O2/c1-8-6-15(7-11(8)14)10-2-3-12(16(17)18)9(4-10)5-13/h2-4,8,11H,6-7,14H2,1H3. The number of benzene rings is 1. The second kappa shape index (κ2) is 4.63. The third-order valence-corrected chi connectivity index (χ3v) is 3.33. The number of nitrogens with two attached hydrogens (primary N) is 1. The van der Waals surface area contributed by atoms with Gasteiger partial charge < -0.3 is 10.6 Å². The quantitative estimate of drug-likeness (QED) is 0.625. The Morgan fingerprint density at radius 1 is 1.56 bits per heavy atom. The summed E-state index contributed by atoms with van der Waals surface area (Å²) in [5.41, 5.74) is 6.69. The molecular weight excluding hydrogens is 232 g/mol. The molecule has 2 rings (SSSR count). The first-order chi connectivity index (χ1) is 8.52. The van der Waals surface area contributed by atoms with Crippen molar-refractivity contribution in [1.82, 2.24) is 0 Å². The van der Waals surface area contributed by atoms with Crippen molar-refractivity contribution in [1.29, 1.82) is 5.26 Å². The molecule has 1 aliphatic heterocycles. The van der Waals surface area contributed by atoms with Gasteiger partial charge in [-0.05, 0) is 18.1 Å². The van der Waals surface area contributed by atoms with Gasteiger partial charge in [0.15, 0.2) is 0 Å². The first-order valence-electron chi connectivity index (χ1n) is 5.72. The van der Waals surface area contributed by atoms with E-state index in [2.05, 4.69) is 11.8 Å². The molecule has 6 nitrogen and oxygen atoms in total. The van der Waals surface area contributed by atoms with Crippen LogP contribution in [0.1, 0.15) is 12.5 Å². The van der Waals surface area contributed by atoms with E-state index in [0.29, 0.717) is 12.5 Å². The average Bonchev–Trinajstić information content (AvgIpc) is 2.68. The van der Waals surface area contributed by atoms with Gasteiger partial charge in [-0.2, -0.15) is 5.26 Å². The van der Waals surface area contributed by atoms with Gasteiger partial charge in [0, 0.05) is 30.9 Å². The maximum Gasteiger partial charge on any atom is 0.287 e. The summed E-state index contributed by atoms with van der Waals surface area (Å²) in [4.78, 5) is 12.3. The summed E-state index contributed by atoms with van der Waals surface area (Å²) in [5, 5.41) is 19.7. The van der Waals surface area contributed by atoms with Crippen LogP contribution in [0.15, 0.2) is 18.2 Å². The van der Waals surface area contributed by atoms with E-state index in [1.165, 1.54) is 6.07 Å². The predicted molar refractivity (Wildman–Crippen MR) is 67.2 cm³/mol. The summed E-state index contributed by atoms with van der Waals surface area (Å²) >= 11 is 0. The van der Waals surface area contributed by atoms with Crippen LogP contribution in [-0.4, -0.2) is 24.1 Å². The Bertz CT molecular complexity index is 513. The Morgan fingerprint density at radius 3 is 2.78 bits per heavy atom. The molecule has 0 amide bonds. The maximum absolute atomic E-state index is 10.7. The Hall–Kier alpha value is -2.13. The van der Waals surface area contributed by atoms with Gasteiger partial charge in [-0.1, -0.05) is 6.92 Å².